The van der Waals surface area contributed by atoms with Gasteiger partial charge in [0.1, 0.15) is 13.2 Å². The summed E-state index contributed by atoms with van der Waals surface area (Å²) in [5, 5.41) is 0.392. The van der Waals surface area contributed by atoms with Gasteiger partial charge in [-0.3, -0.25) is 4.79 Å². The number of fused-ring (bicyclic) bond motifs is 1. The van der Waals surface area contributed by atoms with Crippen molar-refractivity contribution in [2.24, 2.45) is 0 Å². The Kier molecular flexibility index (Phi) is 3.44. The second kappa shape index (κ2) is 5.11. The van der Waals surface area contributed by atoms with Gasteiger partial charge in [0.2, 0.25) is 5.78 Å². The van der Waals surface area contributed by atoms with E-state index in [4.69, 9.17) is 21.1 Å². The predicted molar refractivity (Wildman–Crippen MR) is 79.7 cm³/mol. The molecule has 0 radical (unpaired) electrons. The van der Waals surface area contributed by atoms with Gasteiger partial charge in [-0.1, -0.05) is 11.6 Å². The fraction of sp³-hybridized carbons (Fsp3) is 0.267. The van der Waals surface area contributed by atoms with E-state index >= 15 is 0 Å². The van der Waals surface area contributed by atoms with Crippen LogP contribution in [0, 0.1) is 13.8 Å². The van der Waals surface area contributed by atoms with Gasteiger partial charge in [-0.05, 0) is 31.5 Å². The van der Waals surface area contributed by atoms with Crippen molar-refractivity contribution >= 4 is 28.7 Å². The molecule has 0 unspecified atom stereocenters. The SMILES string of the molecule is Cc1cc(C(=O)c2cc3c(cc2Cl)OCCO3)sc1C. The van der Waals surface area contributed by atoms with Crippen molar-refractivity contribution in [1.82, 2.24) is 0 Å². The maximum absolute atomic E-state index is 12.5. The lowest BCUT2D eigenvalue weighted by molar-refractivity contribution is 0.104. The highest BCUT2D eigenvalue weighted by molar-refractivity contribution is 7.14. The minimum atomic E-state index is -0.0758. The van der Waals surface area contributed by atoms with Crippen LogP contribution in [-0.4, -0.2) is 19.0 Å². The third-order valence-electron chi connectivity index (χ3n) is 3.27. The van der Waals surface area contributed by atoms with Gasteiger partial charge in [-0.15, -0.1) is 11.3 Å². The Balaban J connectivity index is 2.03. The molecule has 1 aliphatic heterocycles. The van der Waals surface area contributed by atoms with Gasteiger partial charge >= 0.3 is 0 Å². The Labute approximate surface area is 126 Å². The number of hydrogen-bond donors (Lipinski definition) is 0. The molecule has 0 amide bonds. The van der Waals surface area contributed by atoms with Crippen molar-refractivity contribution in [2.45, 2.75) is 13.8 Å². The van der Waals surface area contributed by atoms with E-state index in [1.165, 1.54) is 11.3 Å². The van der Waals surface area contributed by atoms with E-state index in [-0.39, 0.29) is 5.78 Å². The second-order valence-corrected chi connectivity index (χ2v) is 6.32. The Bertz CT molecular complexity index is 671. The number of ether oxygens (including phenoxy) is 2. The van der Waals surface area contributed by atoms with Crippen molar-refractivity contribution in [3.05, 3.63) is 44.1 Å². The zero-order valence-electron chi connectivity index (χ0n) is 11.2. The molecule has 0 N–H and O–H groups in total. The molecule has 0 aliphatic carbocycles. The zero-order chi connectivity index (χ0) is 14.3. The quantitative estimate of drug-likeness (QED) is 0.786. The number of ketones is 1. The summed E-state index contributed by atoms with van der Waals surface area (Å²) in [4.78, 5) is 14.4. The van der Waals surface area contributed by atoms with Crippen molar-refractivity contribution in [2.75, 3.05) is 13.2 Å². The Morgan fingerprint density at radius 3 is 2.40 bits per heavy atom. The normalized spacial score (nSPS) is 13.3. The molecule has 1 aliphatic rings. The maximum Gasteiger partial charge on any atom is 0.204 e. The first-order chi connectivity index (χ1) is 9.56. The largest absolute Gasteiger partial charge is 0.486 e. The summed E-state index contributed by atoms with van der Waals surface area (Å²) in [5.41, 5.74) is 1.57. The Hall–Kier alpha value is -1.52. The van der Waals surface area contributed by atoms with Crippen LogP contribution in [0.3, 0.4) is 0 Å². The van der Waals surface area contributed by atoms with Crippen LogP contribution in [0.4, 0.5) is 0 Å². The molecule has 3 rings (SSSR count). The lowest BCUT2D eigenvalue weighted by Crippen LogP contribution is -2.16. The number of carbonyl (C=O) groups excluding carboxylic acids is 1. The molecule has 2 heterocycles. The van der Waals surface area contributed by atoms with Gasteiger partial charge in [0.15, 0.2) is 11.5 Å². The topological polar surface area (TPSA) is 35.5 Å². The maximum atomic E-state index is 12.5. The van der Waals surface area contributed by atoms with Gasteiger partial charge in [0.25, 0.3) is 0 Å². The van der Waals surface area contributed by atoms with Crippen molar-refractivity contribution < 1.29 is 14.3 Å². The molecule has 1 aromatic heterocycles. The number of carbonyl (C=O) groups is 1. The highest BCUT2D eigenvalue weighted by Crippen LogP contribution is 2.37. The third kappa shape index (κ3) is 2.30. The summed E-state index contributed by atoms with van der Waals surface area (Å²) in [6.45, 7) is 4.98. The lowest BCUT2D eigenvalue weighted by Gasteiger charge is -2.19. The molecule has 0 atom stereocenters. The van der Waals surface area contributed by atoms with Gasteiger partial charge in [-0.25, -0.2) is 0 Å². The van der Waals surface area contributed by atoms with Crippen molar-refractivity contribution in [3.8, 4) is 11.5 Å². The second-order valence-electron chi connectivity index (χ2n) is 4.65. The van der Waals surface area contributed by atoms with E-state index in [9.17, 15) is 4.79 Å². The first-order valence-corrected chi connectivity index (χ1v) is 7.46. The minimum absolute atomic E-state index is 0.0758. The monoisotopic (exact) mass is 308 g/mol. The van der Waals surface area contributed by atoms with Gasteiger partial charge in [0.05, 0.1) is 9.90 Å². The molecule has 2 aromatic rings. The Morgan fingerprint density at radius 2 is 1.80 bits per heavy atom. The molecule has 1 aromatic carbocycles. The van der Waals surface area contributed by atoms with Gasteiger partial charge < -0.3 is 9.47 Å². The highest BCUT2D eigenvalue weighted by atomic mass is 35.5. The third-order valence-corrected chi connectivity index (χ3v) is 4.73. The average molecular weight is 309 g/mol. The molecular formula is C15H13ClO3S. The van der Waals surface area contributed by atoms with Gasteiger partial charge in [-0.2, -0.15) is 0 Å². The molecule has 104 valence electrons. The van der Waals surface area contributed by atoms with Crippen molar-refractivity contribution in [3.63, 3.8) is 0 Å². The van der Waals surface area contributed by atoms with Gasteiger partial charge in [0, 0.05) is 16.5 Å². The van der Waals surface area contributed by atoms with E-state index in [2.05, 4.69) is 0 Å². The number of aryl methyl sites for hydroxylation is 2. The highest BCUT2D eigenvalue weighted by Gasteiger charge is 2.21. The first kappa shape index (κ1) is 13.5. The van der Waals surface area contributed by atoms with E-state index in [1.807, 2.05) is 19.9 Å². The predicted octanol–water partition coefficient (Wildman–Crippen LogP) is 4.02. The van der Waals surface area contributed by atoms with E-state index in [0.717, 1.165) is 10.4 Å². The zero-order valence-corrected chi connectivity index (χ0v) is 12.7. The summed E-state index contributed by atoms with van der Waals surface area (Å²) in [7, 11) is 0. The lowest BCUT2D eigenvalue weighted by atomic mass is 10.1. The molecule has 5 heteroatoms. The fourth-order valence-electron chi connectivity index (χ4n) is 2.06. The van der Waals surface area contributed by atoms with Crippen LogP contribution >= 0.6 is 22.9 Å². The number of rotatable bonds is 2. The number of benzene rings is 1. The first-order valence-electron chi connectivity index (χ1n) is 6.27. The Morgan fingerprint density at radius 1 is 1.15 bits per heavy atom. The van der Waals surface area contributed by atoms with Crippen LogP contribution in [0.15, 0.2) is 18.2 Å². The standard InChI is InChI=1S/C15H13ClO3S/c1-8-5-14(20-9(8)2)15(17)10-6-12-13(7-11(10)16)19-4-3-18-12/h5-7H,3-4H2,1-2H3. The minimum Gasteiger partial charge on any atom is -0.486 e. The average Bonchev–Trinajstić information content (AvgIpc) is 2.77. The molecular weight excluding hydrogens is 296 g/mol. The molecule has 3 nitrogen and oxygen atoms in total. The van der Waals surface area contributed by atoms with Crippen LogP contribution in [0.25, 0.3) is 0 Å². The van der Waals surface area contributed by atoms with Crippen molar-refractivity contribution in [1.29, 1.82) is 0 Å². The number of halogens is 1. The summed E-state index contributed by atoms with van der Waals surface area (Å²) < 4.78 is 11.0. The summed E-state index contributed by atoms with van der Waals surface area (Å²) >= 11 is 7.68. The summed E-state index contributed by atoms with van der Waals surface area (Å²) in [5.74, 6) is 1.10. The molecule has 0 saturated heterocycles. The van der Waals surface area contributed by atoms with E-state index in [1.54, 1.807) is 12.1 Å². The van der Waals surface area contributed by atoms with Crippen LogP contribution in [0.2, 0.25) is 5.02 Å². The smallest absolute Gasteiger partial charge is 0.204 e. The summed E-state index contributed by atoms with van der Waals surface area (Å²) in [6.07, 6.45) is 0. The molecule has 0 saturated carbocycles. The van der Waals surface area contributed by atoms with E-state index < -0.39 is 0 Å². The van der Waals surface area contributed by atoms with Crippen LogP contribution < -0.4 is 9.47 Å². The fourth-order valence-corrected chi connectivity index (χ4v) is 3.28. The van der Waals surface area contributed by atoms with Crippen LogP contribution in [0.1, 0.15) is 25.7 Å². The molecule has 0 spiro atoms. The molecule has 0 bridgehead atoms. The summed E-state index contributed by atoms with van der Waals surface area (Å²) in [6, 6.07) is 5.22. The van der Waals surface area contributed by atoms with Crippen LogP contribution in [0.5, 0.6) is 11.5 Å². The van der Waals surface area contributed by atoms with Crippen LogP contribution in [-0.2, 0) is 0 Å². The molecule has 0 fully saturated rings. The number of hydrogen-bond acceptors (Lipinski definition) is 4. The van der Waals surface area contributed by atoms with E-state index in [0.29, 0.717) is 40.2 Å². The number of thiophene rings is 1. The molecule has 20 heavy (non-hydrogen) atoms.